The summed E-state index contributed by atoms with van der Waals surface area (Å²) in [5.74, 6) is 1.11. The molecule has 6 nitrogen and oxygen atoms in total. The van der Waals surface area contributed by atoms with Crippen molar-refractivity contribution in [2.75, 3.05) is 18.5 Å². The summed E-state index contributed by atoms with van der Waals surface area (Å²) in [4.78, 5) is 14.6. The summed E-state index contributed by atoms with van der Waals surface area (Å²) < 4.78 is 5.55. The van der Waals surface area contributed by atoms with Crippen LogP contribution in [-0.4, -0.2) is 23.1 Å². The maximum Gasteiger partial charge on any atom is 0.311 e. The number of nitro groups is 1. The minimum Gasteiger partial charge on any atom is -0.494 e. The van der Waals surface area contributed by atoms with Gasteiger partial charge in [0.05, 0.1) is 11.5 Å². The minimum absolute atomic E-state index is 0.000947. The number of hydrogen-bond donors (Lipinski definition) is 1. The second kappa shape index (κ2) is 7.23. The highest BCUT2D eigenvalue weighted by Crippen LogP contribution is 2.22. The van der Waals surface area contributed by atoms with Gasteiger partial charge in [0.2, 0.25) is 5.82 Å². The first-order valence-corrected chi connectivity index (χ1v) is 6.69. The van der Waals surface area contributed by atoms with Gasteiger partial charge in [-0.2, -0.15) is 0 Å². The molecule has 0 saturated heterocycles. The van der Waals surface area contributed by atoms with Crippen LogP contribution >= 0.6 is 0 Å². The highest BCUT2D eigenvalue weighted by molar-refractivity contribution is 5.56. The number of ether oxygens (including phenoxy) is 1. The average Bonchev–Trinajstić information content (AvgIpc) is 2.49. The van der Waals surface area contributed by atoms with E-state index in [4.69, 9.17) is 4.74 Å². The van der Waals surface area contributed by atoms with E-state index in [1.807, 2.05) is 30.3 Å². The van der Waals surface area contributed by atoms with Gasteiger partial charge in [0.15, 0.2) is 0 Å². The SMILES string of the molecule is Cc1cnc(NCCCOc2ccccc2)c([N+](=O)[O-])c1. The molecule has 2 rings (SSSR count). The molecular weight excluding hydrogens is 270 g/mol. The van der Waals surface area contributed by atoms with Crippen LogP contribution in [0, 0.1) is 17.0 Å². The Kier molecular flexibility index (Phi) is 5.09. The van der Waals surface area contributed by atoms with Crippen molar-refractivity contribution in [1.29, 1.82) is 0 Å². The van der Waals surface area contributed by atoms with Gasteiger partial charge in [-0.1, -0.05) is 18.2 Å². The van der Waals surface area contributed by atoms with Crippen LogP contribution in [0.1, 0.15) is 12.0 Å². The first-order valence-electron chi connectivity index (χ1n) is 6.69. The van der Waals surface area contributed by atoms with E-state index < -0.39 is 4.92 Å². The molecule has 1 aromatic carbocycles. The summed E-state index contributed by atoms with van der Waals surface area (Å²) >= 11 is 0. The lowest BCUT2D eigenvalue weighted by molar-refractivity contribution is -0.384. The number of para-hydroxylation sites is 1. The molecule has 1 aromatic heterocycles. The van der Waals surface area contributed by atoms with Gasteiger partial charge in [-0.15, -0.1) is 0 Å². The molecule has 0 bridgehead atoms. The lowest BCUT2D eigenvalue weighted by atomic mass is 10.3. The number of aryl methyl sites for hydroxylation is 1. The van der Waals surface area contributed by atoms with Crippen LogP contribution in [0.4, 0.5) is 11.5 Å². The van der Waals surface area contributed by atoms with E-state index in [0.717, 1.165) is 17.7 Å². The van der Waals surface area contributed by atoms with Crippen LogP contribution in [-0.2, 0) is 0 Å². The molecule has 0 radical (unpaired) electrons. The number of pyridine rings is 1. The first kappa shape index (κ1) is 14.8. The number of aromatic nitrogens is 1. The molecule has 1 N–H and O–H groups in total. The Hall–Kier alpha value is -2.63. The Labute approximate surface area is 122 Å². The fraction of sp³-hybridized carbons (Fsp3) is 0.267. The normalized spacial score (nSPS) is 10.1. The monoisotopic (exact) mass is 287 g/mol. The van der Waals surface area contributed by atoms with Crippen LogP contribution in [0.25, 0.3) is 0 Å². The molecule has 0 unspecified atom stereocenters. The Morgan fingerprint density at radius 1 is 1.33 bits per heavy atom. The standard InChI is InChI=1S/C15H17N3O3/c1-12-10-14(18(19)20)15(17-11-12)16-8-5-9-21-13-6-3-2-4-7-13/h2-4,6-7,10-11H,5,8-9H2,1H3,(H,16,17). The fourth-order valence-electron chi connectivity index (χ4n) is 1.81. The van der Waals surface area contributed by atoms with Crippen molar-refractivity contribution in [3.63, 3.8) is 0 Å². The molecule has 0 aliphatic carbocycles. The molecule has 1 heterocycles. The number of nitrogens with one attached hydrogen (secondary N) is 1. The van der Waals surface area contributed by atoms with Gasteiger partial charge in [0.1, 0.15) is 5.75 Å². The summed E-state index contributed by atoms with van der Waals surface area (Å²) in [7, 11) is 0. The van der Waals surface area contributed by atoms with Crippen LogP contribution in [0.2, 0.25) is 0 Å². The number of benzene rings is 1. The van der Waals surface area contributed by atoms with Crippen LogP contribution in [0.15, 0.2) is 42.6 Å². The fourth-order valence-corrected chi connectivity index (χ4v) is 1.81. The number of hydrogen-bond acceptors (Lipinski definition) is 5. The van der Waals surface area contributed by atoms with Crippen molar-refractivity contribution < 1.29 is 9.66 Å². The maximum atomic E-state index is 10.9. The van der Waals surface area contributed by atoms with Gasteiger partial charge in [-0.05, 0) is 31.0 Å². The van der Waals surface area contributed by atoms with Crippen molar-refractivity contribution >= 4 is 11.5 Å². The molecule has 0 amide bonds. The zero-order valence-electron chi connectivity index (χ0n) is 11.8. The Balaban J connectivity index is 1.80. The van der Waals surface area contributed by atoms with Crippen molar-refractivity contribution in [3.05, 3.63) is 58.3 Å². The van der Waals surface area contributed by atoms with Crippen LogP contribution in [0.5, 0.6) is 5.75 Å². The molecular formula is C15H17N3O3. The molecule has 2 aromatic rings. The van der Waals surface area contributed by atoms with Crippen molar-refractivity contribution in [1.82, 2.24) is 4.98 Å². The lowest BCUT2D eigenvalue weighted by Crippen LogP contribution is -2.10. The van der Waals surface area contributed by atoms with Crippen molar-refractivity contribution in [2.24, 2.45) is 0 Å². The Morgan fingerprint density at radius 2 is 2.10 bits per heavy atom. The third kappa shape index (κ3) is 4.45. The van der Waals surface area contributed by atoms with E-state index >= 15 is 0 Å². The molecule has 0 saturated carbocycles. The minimum atomic E-state index is -0.428. The number of nitrogens with zero attached hydrogens (tertiary/aromatic N) is 2. The smallest absolute Gasteiger partial charge is 0.311 e. The van der Waals surface area contributed by atoms with E-state index in [2.05, 4.69) is 10.3 Å². The van der Waals surface area contributed by atoms with Gasteiger partial charge in [-0.3, -0.25) is 10.1 Å². The molecule has 0 atom stereocenters. The molecule has 110 valence electrons. The number of anilines is 1. The Bertz CT molecular complexity index is 602. The predicted octanol–water partition coefficient (Wildman–Crippen LogP) is 3.18. The van der Waals surface area contributed by atoms with Gasteiger partial charge < -0.3 is 10.1 Å². The molecule has 6 heteroatoms. The largest absolute Gasteiger partial charge is 0.494 e. The average molecular weight is 287 g/mol. The summed E-state index contributed by atoms with van der Waals surface area (Å²) in [6, 6.07) is 11.0. The molecule has 0 aliphatic heterocycles. The van der Waals surface area contributed by atoms with E-state index in [0.29, 0.717) is 19.0 Å². The van der Waals surface area contributed by atoms with Gasteiger partial charge in [0.25, 0.3) is 0 Å². The second-order valence-electron chi connectivity index (χ2n) is 4.58. The van der Waals surface area contributed by atoms with E-state index in [1.165, 1.54) is 6.07 Å². The summed E-state index contributed by atoms with van der Waals surface area (Å²) in [5.41, 5.74) is 0.763. The molecule has 0 aliphatic rings. The zero-order chi connectivity index (χ0) is 15.1. The quantitative estimate of drug-likeness (QED) is 0.481. The lowest BCUT2D eigenvalue weighted by Gasteiger charge is -2.08. The highest BCUT2D eigenvalue weighted by Gasteiger charge is 2.14. The maximum absolute atomic E-state index is 10.9. The Morgan fingerprint density at radius 3 is 2.81 bits per heavy atom. The van der Waals surface area contributed by atoms with Crippen molar-refractivity contribution in [2.45, 2.75) is 13.3 Å². The van der Waals surface area contributed by atoms with Crippen LogP contribution in [0.3, 0.4) is 0 Å². The van der Waals surface area contributed by atoms with Gasteiger partial charge in [-0.25, -0.2) is 4.98 Å². The van der Waals surface area contributed by atoms with E-state index in [9.17, 15) is 10.1 Å². The predicted molar refractivity (Wildman–Crippen MR) is 80.7 cm³/mol. The second-order valence-corrected chi connectivity index (χ2v) is 4.58. The number of rotatable bonds is 7. The molecule has 0 fully saturated rings. The molecule has 0 spiro atoms. The van der Waals surface area contributed by atoms with Gasteiger partial charge >= 0.3 is 5.69 Å². The molecule has 21 heavy (non-hydrogen) atoms. The summed E-state index contributed by atoms with van der Waals surface area (Å²) in [6.45, 7) is 2.87. The third-order valence-corrected chi connectivity index (χ3v) is 2.83. The summed E-state index contributed by atoms with van der Waals surface area (Å²) in [6.07, 6.45) is 2.33. The highest BCUT2D eigenvalue weighted by atomic mass is 16.6. The van der Waals surface area contributed by atoms with Crippen molar-refractivity contribution in [3.8, 4) is 5.75 Å². The zero-order valence-corrected chi connectivity index (χ0v) is 11.8. The van der Waals surface area contributed by atoms with E-state index in [1.54, 1.807) is 13.1 Å². The van der Waals surface area contributed by atoms with E-state index in [-0.39, 0.29) is 5.69 Å². The topological polar surface area (TPSA) is 77.3 Å². The first-order chi connectivity index (χ1) is 10.2. The summed E-state index contributed by atoms with van der Waals surface area (Å²) in [5, 5.41) is 13.9. The van der Waals surface area contributed by atoms with Gasteiger partial charge in [0, 0.05) is 18.8 Å². The van der Waals surface area contributed by atoms with Crippen LogP contribution < -0.4 is 10.1 Å². The third-order valence-electron chi connectivity index (χ3n) is 2.83.